The average Bonchev–Trinajstić information content (AvgIpc) is 2.65. The van der Waals surface area contributed by atoms with Crippen molar-refractivity contribution in [2.75, 3.05) is 19.9 Å². The fourth-order valence-electron chi connectivity index (χ4n) is 2.50. The number of rotatable bonds is 14. The molecule has 10 nitrogen and oxygen atoms in total. The fourth-order valence-corrected chi connectivity index (χ4v) is 4.51. The van der Waals surface area contributed by atoms with E-state index in [0.717, 1.165) is 19.1 Å². The van der Waals surface area contributed by atoms with E-state index in [1.807, 2.05) is 0 Å². The van der Waals surface area contributed by atoms with Crippen LogP contribution in [0.2, 0.25) is 5.02 Å². The van der Waals surface area contributed by atoms with Crippen molar-refractivity contribution in [1.29, 1.82) is 0 Å². The van der Waals surface area contributed by atoms with Crippen molar-refractivity contribution in [2.45, 2.75) is 49.6 Å². The summed E-state index contributed by atoms with van der Waals surface area (Å²) in [7, 11) is -6.91. The number of benzene rings is 1. The van der Waals surface area contributed by atoms with Crippen molar-refractivity contribution < 1.29 is 35.3 Å². The highest BCUT2D eigenvalue weighted by atomic mass is 35.5. The second-order valence-electron chi connectivity index (χ2n) is 6.66. The van der Waals surface area contributed by atoms with Gasteiger partial charge in [0.2, 0.25) is 15.9 Å². The van der Waals surface area contributed by atoms with E-state index in [0.29, 0.717) is 25.8 Å². The minimum Gasteiger partial charge on any atom is -0.469 e. The molecule has 13 heteroatoms. The van der Waals surface area contributed by atoms with Crippen LogP contribution in [0.25, 0.3) is 0 Å². The van der Waals surface area contributed by atoms with Gasteiger partial charge in [-0.2, -0.15) is 13.1 Å². The predicted octanol–water partition coefficient (Wildman–Crippen LogP) is 1.55. The van der Waals surface area contributed by atoms with Crippen LogP contribution in [-0.2, 0) is 38.7 Å². The molecule has 0 aliphatic carbocycles. The summed E-state index contributed by atoms with van der Waals surface area (Å²) < 4.78 is 59.3. The number of esters is 1. The summed E-state index contributed by atoms with van der Waals surface area (Å²) >= 11 is 5.80. The van der Waals surface area contributed by atoms with Gasteiger partial charge in [-0.1, -0.05) is 30.5 Å². The fraction of sp³-hybridized carbons (Fsp3) is 0.556. The first kappa shape index (κ1) is 27.3. The van der Waals surface area contributed by atoms with Crippen molar-refractivity contribution in [3.05, 3.63) is 29.3 Å². The molecule has 0 aromatic heterocycles. The maximum atomic E-state index is 12.5. The van der Waals surface area contributed by atoms with E-state index in [2.05, 4.69) is 14.8 Å². The number of ether oxygens (including phenoxy) is 1. The van der Waals surface area contributed by atoms with Crippen LogP contribution in [0.15, 0.2) is 29.2 Å². The Kier molecular flexibility index (Phi) is 11.4. The lowest BCUT2D eigenvalue weighted by atomic mass is 10.1. The van der Waals surface area contributed by atoms with Gasteiger partial charge in [-0.25, -0.2) is 12.6 Å². The highest BCUT2D eigenvalue weighted by Crippen LogP contribution is 2.16. The lowest BCUT2D eigenvalue weighted by molar-refractivity contribution is -0.140. The molecule has 0 saturated heterocycles. The van der Waals surface area contributed by atoms with Gasteiger partial charge in [0.25, 0.3) is 10.1 Å². The second kappa shape index (κ2) is 13.0. The molecule has 0 spiro atoms. The number of halogens is 1. The third kappa shape index (κ3) is 12.0. The van der Waals surface area contributed by atoms with Crippen molar-refractivity contribution in [3.8, 4) is 0 Å². The van der Waals surface area contributed by atoms with E-state index in [9.17, 15) is 26.4 Å². The van der Waals surface area contributed by atoms with Crippen molar-refractivity contribution in [3.63, 3.8) is 0 Å². The zero-order chi connectivity index (χ0) is 23.5. The number of amides is 1. The van der Waals surface area contributed by atoms with E-state index in [-0.39, 0.29) is 15.9 Å². The third-order valence-corrected chi connectivity index (χ3v) is 6.18. The molecule has 0 saturated carbocycles. The van der Waals surface area contributed by atoms with Crippen LogP contribution in [0, 0.1) is 0 Å². The quantitative estimate of drug-likeness (QED) is 0.170. The summed E-state index contributed by atoms with van der Waals surface area (Å²) in [6, 6.07) is 5.35. The summed E-state index contributed by atoms with van der Waals surface area (Å²) in [6.07, 6.45) is 1.77. The van der Waals surface area contributed by atoms with Crippen LogP contribution in [0.1, 0.15) is 38.5 Å². The number of carbonyl (C=O) groups excluding carboxylic acids is 2. The van der Waals surface area contributed by atoms with E-state index in [1.54, 1.807) is 0 Å². The monoisotopic (exact) mass is 498 g/mol. The number of methoxy groups -OCH3 is 1. The van der Waals surface area contributed by atoms with Crippen LogP contribution < -0.4 is 10.0 Å². The number of hydrogen-bond acceptors (Lipinski definition) is 8. The summed E-state index contributed by atoms with van der Waals surface area (Å²) in [4.78, 5) is 22.9. The number of nitrogens with one attached hydrogen (secondary N) is 2. The Morgan fingerprint density at radius 1 is 1.10 bits per heavy atom. The largest absolute Gasteiger partial charge is 0.469 e. The van der Waals surface area contributed by atoms with Gasteiger partial charge in [0.05, 0.1) is 24.7 Å². The maximum Gasteiger partial charge on any atom is 0.305 e. The number of carbonyl (C=O) groups is 2. The molecule has 2 N–H and O–H groups in total. The SMILES string of the molecule is COC(=O)CCCCCCNC(=O)CC(NS(=O)(=O)c1cccc(Cl)c1)OS(C)(=O)=O. The first-order valence-electron chi connectivity index (χ1n) is 9.42. The maximum absolute atomic E-state index is 12.5. The molecule has 0 fully saturated rings. The minimum atomic E-state index is -4.19. The highest BCUT2D eigenvalue weighted by Gasteiger charge is 2.26. The van der Waals surface area contributed by atoms with Gasteiger partial charge in [0.15, 0.2) is 0 Å². The molecular formula is C18H27ClN2O8S2. The summed E-state index contributed by atoms with van der Waals surface area (Å²) in [5, 5.41) is 2.76. The first-order valence-corrected chi connectivity index (χ1v) is 13.1. The Hall–Kier alpha value is -1.73. The molecule has 0 heterocycles. The van der Waals surface area contributed by atoms with Gasteiger partial charge < -0.3 is 10.1 Å². The number of hydrogen-bond donors (Lipinski definition) is 2. The minimum absolute atomic E-state index is 0.174. The van der Waals surface area contributed by atoms with Crippen LogP contribution in [0.5, 0.6) is 0 Å². The Labute approximate surface area is 187 Å². The Morgan fingerprint density at radius 3 is 2.39 bits per heavy atom. The lowest BCUT2D eigenvalue weighted by Crippen LogP contribution is -2.42. The highest BCUT2D eigenvalue weighted by molar-refractivity contribution is 7.89. The van der Waals surface area contributed by atoms with Crippen LogP contribution >= 0.6 is 11.6 Å². The van der Waals surface area contributed by atoms with Gasteiger partial charge in [-0.15, -0.1) is 0 Å². The van der Waals surface area contributed by atoms with Crippen molar-refractivity contribution >= 4 is 43.6 Å². The standard InChI is InChI=1S/C18H27ClN2O8S2/c1-28-18(23)10-5-3-4-6-11-20-16(22)13-17(29-30(2,24)25)21-31(26,27)15-9-7-8-14(19)12-15/h7-9,12,17,21H,3-6,10-11,13H2,1-2H3,(H,20,22). The summed E-state index contributed by atoms with van der Waals surface area (Å²) in [6.45, 7) is 0.309. The molecule has 1 amide bonds. The summed E-state index contributed by atoms with van der Waals surface area (Å²) in [5.41, 5.74) is 0. The van der Waals surface area contributed by atoms with Crippen LogP contribution in [0.4, 0.5) is 0 Å². The molecule has 0 bridgehead atoms. The van der Waals surface area contributed by atoms with Crippen LogP contribution in [0.3, 0.4) is 0 Å². The Bertz CT molecular complexity index is 951. The van der Waals surface area contributed by atoms with Crippen LogP contribution in [-0.4, -0.2) is 54.9 Å². The topological polar surface area (TPSA) is 145 Å². The molecule has 0 aliphatic rings. The predicted molar refractivity (Wildman–Crippen MR) is 114 cm³/mol. The summed E-state index contributed by atoms with van der Waals surface area (Å²) in [5.74, 6) is -0.859. The molecule has 31 heavy (non-hydrogen) atoms. The average molecular weight is 499 g/mol. The molecule has 1 unspecified atom stereocenters. The third-order valence-electron chi connectivity index (χ3n) is 3.91. The molecule has 1 rings (SSSR count). The molecule has 0 aliphatic heterocycles. The van der Waals surface area contributed by atoms with E-state index < -0.39 is 38.7 Å². The van der Waals surface area contributed by atoms with E-state index >= 15 is 0 Å². The van der Waals surface area contributed by atoms with E-state index in [1.165, 1.54) is 31.4 Å². The molecule has 1 aromatic rings. The Balaban J connectivity index is 2.57. The van der Waals surface area contributed by atoms with Gasteiger partial charge in [-0.05, 0) is 31.0 Å². The lowest BCUT2D eigenvalue weighted by Gasteiger charge is -2.18. The normalized spacial score (nSPS) is 12.9. The zero-order valence-corrected chi connectivity index (χ0v) is 19.7. The molecule has 176 valence electrons. The smallest absolute Gasteiger partial charge is 0.305 e. The van der Waals surface area contributed by atoms with Gasteiger partial charge in [-0.3, -0.25) is 9.59 Å². The van der Waals surface area contributed by atoms with E-state index in [4.69, 9.17) is 15.8 Å². The number of sulfonamides is 1. The second-order valence-corrected chi connectivity index (χ2v) is 10.4. The zero-order valence-electron chi connectivity index (χ0n) is 17.3. The van der Waals surface area contributed by atoms with Gasteiger partial charge >= 0.3 is 5.97 Å². The Morgan fingerprint density at radius 2 is 1.77 bits per heavy atom. The molecular weight excluding hydrogens is 472 g/mol. The molecule has 1 aromatic carbocycles. The molecule has 1 atom stereocenters. The van der Waals surface area contributed by atoms with Crippen molar-refractivity contribution in [1.82, 2.24) is 10.0 Å². The van der Waals surface area contributed by atoms with Crippen molar-refractivity contribution in [2.24, 2.45) is 0 Å². The first-order chi connectivity index (χ1) is 14.4. The van der Waals surface area contributed by atoms with Gasteiger partial charge in [0.1, 0.15) is 6.23 Å². The van der Waals surface area contributed by atoms with Gasteiger partial charge in [0, 0.05) is 18.0 Å². The molecule has 0 radical (unpaired) electrons. The number of unbranched alkanes of at least 4 members (excludes halogenated alkanes) is 3.